The molecule has 0 radical (unpaired) electrons. The van der Waals surface area contributed by atoms with Gasteiger partial charge in [-0.2, -0.15) is 9.30 Å². The second-order valence-corrected chi connectivity index (χ2v) is 11.7. The number of sulfonamides is 1. The fraction of sp³-hybridized carbons (Fsp3) is 0.440. The molecule has 0 aliphatic carbocycles. The molecule has 0 saturated carbocycles. The molecular weight excluding hydrogens is 470 g/mol. The highest BCUT2D eigenvalue weighted by atomic mass is 32.2. The predicted molar refractivity (Wildman–Crippen MR) is 135 cm³/mol. The average Bonchev–Trinajstić information content (AvgIpc) is 3.15. The van der Waals surface area contributed by atoms with E-state index in [0.29, 0.717) is 49.1 Å². The number of ether oxygens (including phenoxy) is 1. The van der Waals surface area contributed by atoms with Crippen LogP contribution in [-0.2, 0) is 21.3 Å². The highest BCUT2D eigenvalue weighted by Gasteiger charge is 2.28. The molecule has 4 rings (SSSR count). The summed E-state index contributed by atoms with van der Waals surface area (Å²) in [4.78, 5) is 18.2. The van der Waals surface area contributed by atoms with E-state index in [9.17, 15) is 13.2 Å². The van der Waals surface area contributed by atoms with Crippen LogP contribution in [0.2, 0.25) is 0 Å². The Balaban J connectivity index is 1.62. The highest BCUT2D eigenvalue weighted by Crippen LogP contribution is 2.24. The van der Waals surface area contributed by atoms with Crippen molar-refractivity contribution in [2.75, 3.05) is 26.3 Å². The Morgan fingerprint density at radius 1 is 1.21 bits per heavy atom. The van der Waals surface area contributed by atoms with E-state index in [1.54, 1.807) is 16.4 Å². The number of nitrogens with zero attached hydrogens (tertiary/aromatic N) is 3. The Bertz CT molecular complexity index is 1340. The van der Waals surface area contributed by atoms with Crippen LogP contribution in [0.4, 0.5) is 0 Å². The molecule has 3 aromatic rings. The maximum Gasteiger partial charge on any atom is 0.279 e. The molecule has 0 N–H and O–H groups in total. The van der Waals surface area contributed by atoms with E-state index in [-0.39, 0.29) is 4.90 Å². The molecule has 1 atom stereocenters. The summed E-state index contributed by atoms with van der Waals surface area (Å²) in [6, 6.07) is 12.3. The number of thiazole rings is 1. The van der Waals surface area contributed by atoms with Crippen LogP contribution in [0.25, 0.3) is 10.2 Å². The molecule has 7 nitrogen and oxygen atoms in total. The van der Waals surface area contributed by atoms with Gasteiger partial charge in [0.1, 0.15) is 0 Å². The van der Waals surface area contributed by atoms with Gasteiger partial charge in [-0.05, 0) is 74.6 Å². The molecule has 2 heterocycles. The summed E-state index contributed by atoms with van der Waals surface area (Å²) >= 11 is 1.46. The number of amides is 1. The third-order valence-corrected chi connectivity index (χ3v) is 8.98. The van der Waals surface area contributed by atoms with Crippen LogP contribution in [0.1, 0.15) is 42.6 Å². The van der Waals surface area contributed by atoms with Crippen LogP contribution in [0.15, 0.2) is 52.4 Å². The number of piperidine rings is 1. The van der Waals surface area contributed by atoms with Crippen molar-refractivity contribution in [2.45, 2.75) is 45.1 Å². The number of carbonyl (C=O) groups excluding carboxylic acids is 1. The third-order valence-electron chi connectivity index (χ3n) is 6.06. The Labute approximate surface area is 204 Å². The Morgan fingerprint density at radius 2 is 1.97 bits per heavy atom. The summed E-state index contributed by atoms with van der Waals surface area (Å²) in [5.41, 5.74) is 2.51. The van der Waals surface area contributed by atoms with Crippen LogP contribution in [0.5, 0.6) is 0 Å². The number of hydrogen-bond donors (Lipinski definition) is 0. The lowest BCUT2D eigenvalue weighted by molar-refractivity contribution is 0.0996. The number of aryl methyl sites for hydroxylation is 1. The van der Waals surface area contributed by atoms with Crippen molar-refractivity contribution in [1.29, 1.82) is 0 Å². The van der Waals surface area contributed by atoms with Gasteiger partial charge in [0.25, 0.3) is 5.91 Å². The van der Waals surface area contributed by atoms with Gasteiger partial charge in [0, 0.05) is 31.8 Å². The monoisotopic (exact) mass is 501 g/mol. The zero-order chi connectivity index (χ0) is 24.3. The molecule has 0 spiro atoms. The second kappa shape index (κ2) is 10.5. The van der Waals surface area contributed by atoms with Crippen LogP contribution >= 0.6 is 11.3 Å². The third kappa shape index (κ3) is 5.33. The summed E-state index contributed by atoms with van der Waals surface area (Å²) in [6.07, 6.45) is 1.91. The van der Waals surface area contributed by atoms with Gasteiger partial charge in [0.2, 0.25) is 10.0 Å². The first-order valence-electron chi connectivity index (χ1n) is 11.7. The molecule has 34 heavy (non-hydrogen) atoms. The van der Waals surface area contributed by atoms with Gasteiger partial charge < -0.3 is 9.30 Å². The Morgan fingerprint density at radius 3 is 2.68 bits per heavy atom. The van der Waals surface area contributed by atoms with Gasteiger partial charge in [-0.15, -0.1) is 0 Å². The van der Waals surface area contributed by atoms with Gasteiger partial charge in [-0.25, -0.2) is 8.42 Å². The van der Waals surface area contributed by atoms with Crippen molar-refractivity contribution in [3.05, 3.63) is 58.4 Å². The molecule has 1 saturated heterocycles. The topological polar surface area (TPSA) is 81.0 Å². The smallest absolute Gasteiger partial charge is 0.279 e. The fourth-order valence-corrected chi connectivity index (χ4v) is 6.97. The molecule has 1 amide bonds. The first kappa shape index (κ1) is 24.8. The summed E-state index contributed by atoms with van der Waals surface area (Å²) in [7, 11) is -3.56. The van der Waals surface area contributed by atoms with E-state index >= 15 is 0 Å². The largest absolute Gasteiger partial charge is 0.380 e. The second-order valence-electron chi connectivity index (χ2n) is 8.76. The van der Waals surface area contributed by atoms with Crippen molar-refractivity contribution >= 4 is 37.5 Å². The van der Waals surface area contributed by atoms with Crippen LogP contribution < -0.4 is 4.80 Å². The minimum absolute atomic E-state index is 0.210. The molecular formula is C25H31N3O4S2. The lowest BCUT2D eigenvalue weighted by Gasteiger charge is -2.30. The van der Waals surface area contributed by atoms with E-state index in [0.717, 1.165) is 28.6 Å². The molecule has 9 heteroatoms. The number of rotatable bonds is 7. The van der Waals surface area contributed by atoms with Crippen molar-refractivity contribution in [1.82, 2.24) is 8.87 Å². The first-order valence-corrected chi connectivity index (χ1v) is 13.9. The maximum atomic E-state index is 13.0. The van der Waals surface area contributed by atoms with E-state index < -0.39 is 15.9 Å². The van der Waals surface area contributed by atoms with E-state index in [1.807, 2.05) is 30.5 Å². The van der Waals surface area contributed by atoms with Crippen molar-refractivity contribution in [3.8, 4) is 0 Å². The average molecular weight is 502 g/mol. The lowest BCUT2D eigenvalue weighted by atomic mass is 10.0. The van der Waals surface area contributed by atoms with Crippen molar-refractivity contribution < 1.29 is 17.9 Å². The fourth-order valence-electron chi connectivity index (χ4n) is 4.22. The molecule has 1 aliphatic heterocycles. The van der Waals surface area contributed by atoms with E-state index in [4.69, 9.17) is 4.74 Å². The maximum absolute atomic E-state index is 13.0. The summed E-state index contributed by atoms with van der Waals surface area (Å²) in [5, 5.41) is 0. The summed E-state index contributed by atoms with van der Waals surface area (Å²) in [5.74, 6) is -0.0494. The standard InChI is InChI=1S/C25H31N3O4S2/c1-4-32-15-14-28-22-12-7-18(2)16-23(22)33-25(28)26-24(29)20-8-10-21(11-9-20)34(30,31)27-13-5-6-19(3)17-27/h7-12,16,19H,4-6,13-15,17H2,1-3H3. The quantitative estimate of drug-likeness (QED) is 0.454. The van der Waals surface area contributed by atoms with Crippen LogP contribution in [-0.4, -0.2) is 49.5 Å². The Kier molecular flexibility index (Phi) is 7.67. The molecule has 1 aliphatic rings. The summed E-state index contributed by atoms with van der Waals surface area (Å²) < 4.78 is 36.1. The van der Waals surface area contributed by atoms with Gasteiger partial charge in [0.05, 0.1) is 21.7 Å². The highest BCUT2D eigenvalue weighted by molar-refractivity contribution is 7.89. The number of benzene rings is 2. The molecule has 0 bridgehead atoms. The zero-order valence-corrected chi connectivity index (χ0v) is 21.5. The van der Waals surface area contributed by atoms with Gasteiger partial charge in [0.15, 0.2) is 4.80 Å². The van der Waals surface area contributed by atoms with Crippen LogP contribution in [0, 0.1) is 12.8 Å². The van der Waals surface area contributed by atoms with Gasteiger partial charge >= 0.3 is 0 Å². The number of fused-ring (bicyclic) bond motifs is 1. The Hall–Kier alpha value is -2.33. The molecule has 1 unspecified atom stereocenters. The van der Waals surface area contributed by atoms with E-state index in [2.05, 4.69) is 18.0 Å². The first-order chi connectivity index (χ1) is 16.3. The van der Waals surface area contributed by atoms with Crippen molar-refractivity contribution in [2.24, 2.45) is 10.9 Å². The SMILES string of the molecule is CCOCCn1c(=NC(=O)c2ccc(S(=O)(=O)N3CCCC(C)C3)cc2)sc2cc(C)ccc21. The minimum atomic E-state index is -3.56. The van der Waals surface area contributed by atoms with Gasteiger partial charge in [-0.3, -0.25) is 4.79 Å². The molecule has 1 fully saturated rings. The predicted octanol–water partition coefficient (Wildman–Crippen LogP) is 4.21. The van der Waals surface area contributed by atoms with Crippen molar-refractivity contribution in [3.63, 3.8) is 0 Å². The molecule has 182 valence electrons. The van der Waals surface area contributed by atoms with Crippen LogP contribution in [0.3, 0.4) is 0 Å². The number of aromatic nitrogens is 1. The van der Waals surface area contributed by atoms with Gasteiger partial charge in [-0.1, -0.05) is 24.3 Å². The minimum Gasteiger partial charge on any atom is -0.380 e. The number of carbonyl (C=O) groups is 1. The molecule has 1 aromatic heterocycles. The number of hydrogen-bond acceptors (Lipinski definition) is 5. The molecule has 2 aromatic carbocycles. The lowest BCUT2D eigenvalue weighted by Crippen LogP contribution is -2.39. The normalized spacial score (nSPS) is 18.0. The van der Waals surface area contributed by atoms with E-state index in [1.165, 1.54) is 23.5 Å². The zero-order valence-electron chi connectivity index (χ0n) is 19.9. The summed E-state index contributed by atoms with van der Waals surface area (Å²) in [6.45, 7) is 8.87.